The minimum absolute atomic E-state index is 0.0464. The van der Waals surface area contributed by atoms with Gasteiger partial charge in [-0.05, 0) is 61.4 Å². The first-order valence-electron chi connectivity index (χ1n) is 10.1. The number of alkyl halides is 3. The van der Waals surface area contributed by atoms with Crippen molar-refractivity contribution in [2.24, 2.45) is 0 Å². The fourth-order valence-electron chi connectivity index (χ4n) is 3.60. The molecule has 2 aromatic carbocycles. The van der Waals surface area contributed by atoms with Crippen molar-refractivity contribution in [3.63, 3.8) is 0 Å². The largest absolute Gasteiger partial charge is 0.459 e. The van der Waals surface area contributed by atoms with Crippen molar-refractivity contribution < 1.29 is 30.8 Å². The van der Waals surface area contributed by atoms with Gasteiger partial charge in [-0.25, -0.2) is 8.42 Å². The number of benzene rings is 2. The van der Waals surface area contributed by atoms with Crippen LogP contribution >= 0.6 is 0 Å². The van der Waals surface area contributed by atoms with Crippen molar-refractivity contribution in [1.82, 2.24) is 0 Å². The van der Waals surface area contributed by atoms with Crippen molar-refractivity contribution in [2.45, 2.75) is 23.9 Å². The van der Waals surface area contributed by atoms with Crippen molar-refractivity contribution >= 4 is 33.0 Å². The van der Waals surface area contributed by atoms with E-state index in [2.05, 4.69) is 10.0 Å². The van der Waals surface area contributed by atoms with Crippen molar-refractivity contribution in [3.05, 3.63) is 72.2 Å². The van der Waals surface area contributed by atoms with Gasteiger partial charge in [0.25, 0.3) is 15.9 Å². The lowest BCUT2D eigenvalue weighted by molar-refractivity contribution is -0.137. The molecule has 11 heteroatoms. The summed E-state index contributed by atoms with van der Waals surface area (Å²) < 4.78 is 72.9. The van der Waals surface area contributed by atoms with Crippen LogP contribution in [0.1, 0.15) is 29.0 Å². The molecular formula is C22H20F3N3O4S. The maximum Gasteiger partial charge on any atom is 0.416 e. The lowest BCUT2D eigenvalue weighted by Gasteiger charge is -2.22. The zero-order valence-corrected chi connectivity index (χ0v) is 18.0. The summed E-state index contributed by atoms with van der Waals surface area (Å²) in [6.07, 6.45) is -1.51. The molecule has 0 bridgehead atoms. The van der Waals surface area contributed by atoms with E-state index in [0.29, 0.717) is 18.8 Å². The van der Waals surface area contributed by atoms with Gasteiger partial charge in [-0.2, -0.15) is 13.2 Å². The number of carbonyl (C=O) groups excluding carboxylic acids is 1. The van der Waals surface area contributed by atoms with Crippen molar-refractivity contribution in [3.8, 4) is 0 Å². The van der Waals surface area contributed by atoms with Crippen LogP contribution in [-0.4, -0.2) is 27.4 Å². The number of anilines is 3. The number of carbonyl (C=O) groups is 1. The predicted octanol–water partition coefficient (Wildman–Crippen LogP) is 4.95. The molecule has 1 fully saturated rings. The molecule has 3 aromatic rings. The number of nitrogens with zero attached hydrogens (tertiary/aromatic N) is 1. The average molecular weight is 479 g/mol. The monoisotopic (exact) mass is 479 g/mol. The molecule has 0 unspecified atom stereocenters. The van der Waals surface area contributed by atoms with Crippen LogP contribution in [0.15, 0.2) is 70.2 Å². The molecule has 1 aliphatic heterocycles. The van der Waals surface area contributed by atoms with Crippen LogP contribution in [0.4, 0.5) is 30.2 Å². The van der Waals surface area contributed by atoms with Gasteiger partial charge in [-0.15, -0.1) is 0 Å². The Kier molecular flexibility index (Phi) is 6.07. The van der Waals surface area contributed by atoms with Gasteiger partial charge in [-0.3, -0.25) is 9.52 Å². The molecule has 2 N–H and O–H groups in total. The summed E-state index contributed by atoms with van der Waals surface area (Å²) in [4.78, 5) is 14.0. The zero-order chi connectivity index (χ0) is 23.6. The normalized spacial score (nSPS) is 14.3. The second-order valence-electron chi connectivity index (χ2n) is 7.49. The molecule has 174 valence electrons. The number of hydrogen-bond donors (Lipinski definition) is 2. The Morgan fingerprint density at radius 3 is 2.39 bits per heavy atom. The highest BCUT2D eigenvalue weighted by Crippen LogP contribution is 2.34. The summed E-state index contributed by atoms with van der Waals surface area (Å²) in [5.74, 6) is -0.520. The van der Waals surface area contributed by atoms with E-state index in [-0.39, 0.29) is 22.0 Å². The van der Waals surface area contributed by atoms with E-state index >= 15 is 0 Å². The van der Waals surface area contributed by atoms with E-state index in [1.54, 1.807) is 18.2 Å². The van der Waals surface area contributed by atoms with Gasteiger partial charge in [0.05, 0.1) is 17.5 Å². The third-order valence-corrected chi connectivity index (χ3v) is 6.55. The molecule has 0 radical (unpaired) electrons. The molecule has 0 atom stereocenters. The number of hydrogen-bond acceptors (Lipinski definition) is 5. The summed E-state index contributed by atoms with van der Waals surface area (Å²) in [7, 11) is -4.29. The lowest BCUT2D eigenvalue weighted by Crippen LogP contribution is -2.23. The van der Waals surface area contributed by atoms with E-state index in [0.717, 1.165) is 31.0 Å². The Balaban J connectivity index is 1.69. The summed E-state index contributed by atoms with van der Waals surface area (Å²) in [5.41, 5.74) is -0.587. The maximum atomic E-state index is 13.3. The van der Waals surface area contributed by atoms with Crippen LogP contribution in [0.3, 0.4) is 0 Å². The zero-order valence-electron chi connectivity index (χ0n) is 17.2. The summed E-state index contributed by atoms with van der Waals surface area (Å²) in [5, 5.41) is 2.58. The molecule has 1 aromatic heterocycles. The van der Waals surface area contributed by atoms with Crippen molar-refractivity contribution in [2.75, 3.05) is 28.0 Å². The van der Waals surface area contributed by atoms with Gasteiger partial charge in [0.2, 0.25) is 0 Å². The molecule has 33 heavy (non-hydrogen) atoms. The van der Waals surface area contributed by atoms with Gasteiger partial charge in [0.1, 0.15) is 4.90 Å². The van der Waals surface area contributed by atoms with Crippen LogP contribution in [0, 0.1) is 0 Å². The first-order chi connectivity index (χ1) is 15.6. The van der Waals surface area contributed by atoms with Gasteiger partial charge in [0.15, 0.2) is 5.76 Å². The molecule has 7 nitrogen and oxygen atoms in total. The Labute approximate surface area is 188 Å². The Hall–Kier alpha value is -3.47. The van der Waals surface area contributed by atoms with E-state index < -0.39 is 27.7 Å². The number of rotatable bonds is 6. The number of amides is 1. The average Bonchev–Trinajstić information content (AvgIpc) is 3.47. The first kappa shape index (κ1) is 22.7. The highest BCUT2D eigenvalue weighted by Gasteiger charge is 2.31. The molecule has 2 heterocycles. The third kappa shape index (κ3) is 5.14. The molecule has 0 aliphatic carbocycles. The standard InChI is InChI=1S/C22H20F3N3O4S/c23-22(24,25)15-5-3-6-17(13-15)27-33(30,31)20-14-16(26-21(29)19-7-4-12-32-19)8-9-18(20)28-10-1-2-11-28/h3-9,12-14,27H,1-2,10-11H2,(H,26,29). The van der Waals surface area contributed by atoms with E-state index in [9.17, 15) is 26.4 Å². The first-order valence-corrected chi connectivity index (χ1v) is 11.6. The second-order valence-corrected chi connectivity index (χ2v) is 9.14. The Morgan fingerprint density at radius 2 is 1.73 bits per heavy atom. The van der Waals surface area contributed by atoms with E-state index in [1.165, 1.54) is 24.5 Å². The second kappa shape index (κ2) is 8.81. The molecule has 0 spiro atoms. The summed E-state index contributed by atoms with van der Waals surface area (Å²) in [6, 6.07) is 11.4. The topological polar surface area (TPSA) is 91.7 Å². The van der Waals surface area contributed by atoms with Crippen LogP contribution in [-0.2, 0) is 16.2 Å². The quantitative estimate of drug-likeness (QED) is 0.522. The molecule has 1 saturated heterocycles. The van der Waals surface area contributed by atoms with Gasteiger partial charge < -0.3 is 14.6 Å². The van der Waals surface area contributed by atoms with Gasteiger partial charge >= 0.3 is 6.18 Å². The SMILES string of the molecule is O=C(Nc1ccc(N2CCCC2)c(S(=O)(=O)Nc2cccc(C(F)(F)F)c2)c1)c1ccco1. The summed E-state index contributed by atoms with van der Waals surface area (Å²) in [6.45, 7) is 1.29. The number of sulfonamides is 1. The fourth-order valence-corrected chi connectivity index (χ4v) is 4.90. The fraction of sp³-hybridized carbons (Fsp3) is 0.227. The Morgan fingerprint density at radius 1 is 0.970 bits per heavy atom. The minimum atomic E-state index is -4.61. The smallest absolute Gasteiger partial charge is 0.416 e. The highest BCUT2D eigenvalue weighted by atomic mass is 32.2. The molecular weight excluding hydrogens is 459 g/mol. The molecule has 0 saturated carbocycles. The Bertz CT molecular complexity index is 1250. The van der Waals surface area contributed by atoms with E-state index in [1.807, 2.05) is 4.90 Å². The number of halogens is 3. The highest BCUT2D eigenvalue weighted by molar-refractivity contribution is 7.92. The summed E-state index contributed by atoms with van der Waals surface area (Å²) >= 11 is 0. The molecule has 4 rings (SSSR count). The number of nitrogens with one attached hydrogen (secondary N) is 2. The van der Waals surface area contributed by atoms with Crippen LogP contribution in [0.2, 0.25) is 0 Å². The van der Waals surface area contributed by atoms with Crippen LogP contribution in [0.25, 0.3) is 0 Å². The number of furan rings is 1. The molecule has 1 amide bonds. The maximum absolute atomic E-state index is 13.3. The van der Waals surface area contributed by atoms with Crippen LogP contribution < -0.4 is 14.9 Å². The predicted molar refractivity (Wildman–Crippen MR) is 117 cm³/mol. The lowest BCUT2D eigenvalue weighted by atomic mass is 10.2. The third-order valence-electron chi connectivity index (χ3n) is 5.14. The van der Waals surface area contributed by atoms with Crippen LogP contribution in [0.5, 0.6) is 0 Å². The minimum Gasteiger partial charge on any atom is -0.459 e. The van der Waals surface area contributed by atoms with E-state index in [4.69, 9.17) is 4.42 Å². The molecule has 1 aliphatic rings. The van der Waals surface area contributed by atoms with Gasteiger partial charge in [0, 0.05) is 24.5 Å². The van der Waals surface area contributed by atoms with Gasteiger partial charge in [-0.1, -0.05) is 6.07 Å². The van der Waals surface area contributed by atoms with Crippen molar-refractivity contribution in [1.29, 1.82) is 0 Å².